The molecule has 0 atom stereocenters. The summed E-state index contributed by atoms with van der Waals surface area (Å²) in [6.45, 7) is 24.6. The molecule has 1 nitrogen and oxygen atoms in total. The third kappa shape index (κ3) is 5.85. The van der Waals surface area contributed by atoms with E-state index in [1.807, 2.05) is 0 Å². The first-order valence-corrected chi connectivity index (χ1v) is 17.4. The third-order valence-electron chi connectivity index (χ3n) is 3.61. The van der Waals surface area contributed by atoms with Crippen molar-refractivity contribution in [3.8, 4) is 0 Å². The standard InChI is InChI=1S/C13H34OSi3/c1-10-14-11-12-17(8,9)13(15(2,3)4)16(5,6)7/h13H,10-12H2,1-9H3. The second kappa shape index (κ2) is 6.17. The van der Waals surface area contributed by atoms with Crippen LogP contribution < -0.4 is 0 Å². The molecule has 0 aromatic rings. The van der Waals surface area contributed by atoms with Crippen molar-refractivity contribution in [1.29, 1.82) is 0 Å². The number of ether oxygens (including phenoxy) is 1. The smallest absolute Gasteiger partial charge is 0.0475 e. The molecule has 17 heavy (non-hydrogen) atoms. The number of rotatable bonds is 7. The van der Waals surface area contributed by atoms with Gasteiger partial charge in [0.2, 0.25) is 0 Å². The molecule has 0 spiro atoms. The van der Waals surface area contributed by atoms with E-state index in [0.29, 0.717) is 0 Å². The van der Waals surface area contributed by atoms with Crippen LogP contribution in [0.2, 0.25) is 63.2 Å². The lowest BCUT2D eigenvalue weighted by molar-refractivity contribution is 0.161. The molecule has 0 amide bonds. The molecule has 0 aliphatic rings. The zero-order valence-corrected chi connectivity index (χ0v) is 16.6. The normalized spacial score (nSPS) is 14.5. The maximum Gasteiger partial charge on any atom is 0.0475 e. The van der Waals surface area contributed by atoms with Gasteiger partial charge in [-0.25, -0.2) is 0 Å². The van der Waals surface area contributed by atoms with Gasteiger partial charge in [0.15, 0.2) is 0 Å². The van der Waals surface area contributed by atoms with Crippen molar-refractivity contribution in [3.05, 3.63) is 0 Å². The van der Waals surface area contributed by atoms with Gasteiger partial charge in [-0.2, -0.15) is 0 Å². The maximum absolute atomic E-state index is 5.61. The Morgan fingerprint density at radius 3 is 1.53 bits per heavy atom. The van der Waals surface area contributed by atoms with Crippen molar-refractivity contribution in [2.45, 2.75) is 70.1 Å². The highest BCUT2D eigenvalue weighted by molar-refractivity contribution is 7.12. The fourth-order valence-corrected chi connectivity index (χ4v) is 35.2. The molecule has 0 fully saturated rings. The van der Waals surface area contributed by atoms with Gasteiger partial charge in [-0.15, -0.1) is 0 Å². The third-order valence-corrected chi connectivity index (χ3v) is 25.2. The number of hydrogen-bond acceptors (Lipinski definition) is 1. The van der Waals surface area contributed by atoms with Gasteiger partial charge in [0.05, 0.1) is 0 Å². The predicted molar refractivity (Wildman–Crippen MR) is 89.2 cm³/mol. The van der Waals surface area contributed by atoms with Gasteiger partial charge in [0, 0.05) is 37.4 Å². The van der Waals surface area contributed by atoms with Crippen LogP contribution in [0.3, 0.4) is 0 Å². The highest BCUT2D eigenvalue weighted by Gasteiger charge is 2.47. The molecule has 0 radical (unpaired) electrons. The van der Waals surface area contributed by atoms with Gasteiger partial charge in [0.1, 0.15) is 0 Å². The van der Waals surface area contributed by atoms with E-state index in [9.17, 15) is 0 Å². The summed E-state index contributed by atoms with van der Waals surface area (Å²) < 4.78 is 5.61. The predicted octanol–water partition coefficient (Wildman–Crippen LogP) is 4.86. The Bertz CT molecular complexity index is 212. The van der Waals surface area contributed by atoms with Gasteiger partial charge in [-0.1, -0.05) is 57.2 Å². The summed E-state index contributed by atoms with van der Waals surface area (Å²) in [6, 6.07) is 1.35. The fraction of sp³-hybridized carbons (Fsp3) is 1.00. The second-order valence-electron chi connectivity index (χ2n) is 8.10. The maximum atomic E-state index is 5.61. The molecule has 0 aromatic heterocycles. The summed E-state index contributed by atoms with van der Waals surface area (Å²) in [6.07, 6.45) is 0. The summed E-state index contributed by atoms with van der Waals surface area (Å²) in [4.78, 5) is 1.09. The minimum absolute atomic E-state index is 0.870. The minimum atomic E-state index is -1.14. The van der Waals surface area contributed by atoms with Crippen molar-refractivity contribution in [2.24, 2.45) is 0 Å². The molecule has 0 aromatic carbocycles. The summed E-state index contributed by atoms with van der Waals surface area (Å²) in [5, 5.41) is 0. The summed E-state index contributed by atoms with van der Waals surface area (Å²) in [5.74, 6) is 0. The van der Waals surface area contributed by atoms with Crippen molar-refractivity contribution in [1.82, 2.24) is 0 Å². The van der Waals surface area contributed by atoms with E-state index in [-0.39, 0.29) is 0 Å². The first-order chi connectivity index (χ1) is 7.43. The SMILES string of the molecule is CCOCC[Si](C)(C)C([Si](C)(C)C)[Si](C)(C)C. The van der Waals surface area contributed by atoms with E-state index >= 15 is 0 Å². The molecule has 104 valence electrons. The number of hydrogen-bond donors (Lipinski definition) is 0. The van der Waals surface area contributed by atoms with Crippen LogP contribution in [0.5, 0.6) is 0 Å². The van der Waals surface area contributed by atoms with Gasteiger partial charge >= 0.3 is 0 Å². The first-order valence-electron chi connectivity index (χ1n) is 7.00. The van der Waals surface area contributed by atoms with Crippen LogP contribution >= 0.6 is 0 Å². The molecule has 4 heteroatoms. The van der Waals surface area contributed by atoms with Crippen LogP contribution in [0.15, 0.2) is 0 Å². The van der Waals surface area contributed by atoms with Crippen molar-refractivity contribution in [3.63, 3.8) is 0 Å². The molecule has 0 aliphatic heterocycles. The van der Waals surface area contributed by atoms with E-state index in [4.69, 9.17) is 4.74 Å². The first kappa shape index (κ1) is 17.6. The lowest BCUT2D eigenvalue weighted by atomic mass is 10.8. The Balaban J connectivity index is 4.92. The van der Waals surface area contributed by atoms with Crippen LogP contribution in [0, 0.1) is 0 Å². The summed E-state index contributed by atoms with van der Waals surface area (Å²) >= 11 is 0. The average Bonchev–Trinajstić information content (AvgIpc) is 1.96. The van der Waals surface area contributed by atoms with Crippen molar-refractivity contribution in [2.75, 3.05) is 13.2 Å². The molecule has 0 unspecified atom stereocenters. The van der Waals surface area contributed by atoms with Crippen LogP contribution in [0.25, 0.3) is 0 Å². The van der Waals surface area contributed by atoms with Crippen LogP contribution in [-0.2, 0) is 4.74 Å². The van der Waals surface area contributed by atoms with Gasteiger partial charge in [-0.3, -0.25) is 0 Å². The Morgan fingerprint density at radius 2 is 1.24 bits per heavy atom. The largest absolute Gasteiger partial charge is 0.382 e. The van der Waals surface area contributed by atoms with Crippen LogP contribution in [0.4, 0.5) is 0 Å². The van der Waals surface area contributed by atoms with E-state index in [0.717, 1.165) is 18.0 Å². The zero-order chi connectivity index (χ0) is 13.9. The summed E-state index contributed by atoms with van der Waals surface area (Å²) in [5.41, 5.74) is 0. The van der Waals surface area contributed by atoms with E-state index in [1.54, 1.807) is 0 Å². The molecule has 0 bridgehead atoms. The van der Waals surface area contributed by atoms with Crippen molar-refractivity contribution >= 4 is 24.2 Å². The lowest BCUT2D eigenvalue weighted by Gasteiger charge is -2.48. The van der Waals surface area contributed by atoms with Crippen LogP contribution in [0.1, 0.15) is 6.92 Å². The minimum Gasteiger partial charge on any atom is -0.382 e. The van der Waals surface area contributed by atoms with Crippen LogP contribution in [-0.4, -0.2) is 37.4 Å². The highest BCUT2D eigenvalue weighted by Crippen LogP contribution is 2.41. The highest BCUT2D eigenvalue weighted by atomic mass is 28.5. The fourth-order valence-electron chi connectivity index (χ4n) is 4.27. The Morgan fingerprint density at radius 1 is 0.824 bits per heavy atom. The van der Waals surface area contributed by atoms with E-state index in [2.05, 4.69) is 59.3 Å². The quantitative estimate of drug-likeness (QED) is 0.481. The zero-order valence-electron chi connectivity index (χ0n) is 13.6. The molecule has 0 saturated carbocycles. The van der Waals surface area contributed by atoms with Gasteiger partial charge in [0.25, 0.3) is 0 Å². The van der Waals surface area contributed by atoms with Gasteiger partial charge in [-0.05, 0) is 13.0 Å². The Hall–Kier alpha value is 0.611. The molecule has 0 heterocycles. The van der Waals surface area contributed by atoms with Gasteiger partial charge < -0.3 is 4.74 Å². The Kier molecular flexibility index (Phi) is 6.39. The molecule has 0 saturated heterocycles. The molecular weight excluding hydrogens is 256 g/mol. The molecular formula is C13H34OSi3. The molecule has 0 aliphatic carbocycles. The summed E-state index contributed by atoms with van der Waals surface area (Å²) in [7, 11) is -3.24. The average molecular weight is 291 g/mol. The monoisotopic (exact) mass is 290 g/mol. The molecule has 0 N–H and O–H groups in total. The van der Waals surface area contributed by atoms with E-state index < -0.39 is 24.2 Å². The molecule has 0 rings (SSSR count). The lowest BCUT2D eigenvalue weighted by Crippen LogP contribution is -2.57. The van der Waals surface area contributed by atoms with E-state index in [1.165, 1.54) is 6.04 Å². The topological polar surface area (TPSA) is 9.23 Å². The van der Waals surface area contributed by atoms with Crippen molar-refractivity contribution < 1.29 is 4.74 Å². The Labute approximate surface area is 112 Å². The second-order valence-corrected chi connectivity index (χ2v) is 25.5.